The van der Waals surface area contributed by atoms with Crippen LogP contribution < -0.4 is 5.69 Å². The van der Waals surface area contributed by atoms with Crippen LogP contribution in [0.15, 0.2) is 70.5 Å². The van der Waals surface area contributed by atoms with Gasteiger partial charge in [0.2, 0.25) is 5.82 Å². The van der Waals surface area contributed by atoms with Gasteiger partial charge >= 0.3 is 5.69 Å². The Morgan fingerprint density at radius 2 is 1.89 bits per heavy atom. The number of nitrogens with one attached hydrogen (secondary N) is 1. The minimum absolute atomic E-state index is 0.0753. The number of nitrogens with zero attached hydrogens (tertiary/aromatic N) is 7. The van der Waals surface area contributed by atoms with Crippen LogP contribution >= 0.6 is 15.9 Å². The summed E-state index contributed by atoms with van der Waals surface area (Å²) in [5.41, 5.74) is 4.65. The highest BCUT2D eigenvalue weighted by atomic mass is 79.9. The summed E-state index contributed by atoms with van der Waals surface area (Å²) in [4.78, 5) is 18.3. The van der Waals surface area contributed by atoms with Gasteiger partial charge in [-0.05, 0) is 76.7 Å². The third-order valence-electron chi connectivity index (χ3n) is 6.51. The van der Waals surface area contributed by atoms with Gasteiger partial charge in [0.1, 0.15) is 5.82 Å². The zero-order valence-corrected chi connectivity index (χ0v) is 22.7. The molecule has 5 rings (SSSR count). The first-order valence-electron chi connectivity index (χ1n) is 12.4. The maximum atomic E-state index is 13.9. The van der Waals surface area contributed by atoms with Gasteiger partial charge in [-0.2, -0.15) is 5.21 Å². The van der Waals surface area contributed by atoms with Crippen LogP contribution in [0, 0.1) is 0 Å². The van der Waals surface area contributed by atoms with Crippen molar-refractivity contribution in [2.24, 2.45) is 0 Å². The second-order valence-corrected chi connectivity index (χ2v) is 10.1. The van der Waals surface area contributed by atoms with Gasteiger partial charge in [-0.25, -0.2) is 4.79 Å². The molecule has 0 aliphatic heterocycles. The molecule has 0 radical (unpaired) electrons. The fraction of sp³-hybridized carbons (Fsp3) is 0.296. The summed E-state index contributed by atoms with van der Waals surface area (Å²) in [7, 11) is 0. The summed E-state index contributed by atoms with van der Waals surface area (Å²) in [5, 5.41) is 14.6. The van der Waals surface area contributed by atoms with Gasteiger partial charge in [0.15, 0.2) is 0 Å². The van der Waals surface area contributed by atoms with Crippen molar-refractivity contribution < 1.29 is 0 Å². The van der Waals surface area contributed by atoms with Gasteiger partial charge in [-0.3, -0.25) is 14.1 Å². The number of unbranched alkanes of at least 4 members (excludes halogenated alkanes) is 1. The number of H-pyrrole nitrogens is 1. The molecular weight excluding hydrogens is 532 g/mol. The molecule has 0 spiro atoms. The van der Waals surface area contributed by atoms with Crippen LogP contribution in [0.5, 0.6) is 0 Å². The molecule has 1 N–H and O–H groups in total. The van der Waals surface area contributed by atoms with Crippen molar-refractivity contribution in [1.82, 2.24) is 39.3 Å². The van der Waals surface area contributed by atoms with Crippen molar-refractivity contribution in [3.8, 4) is 28.3 Å². The molecule has 37 heavy (non-hydrogen) atoms. The quantitative estimate of drug-likeness (QED) is 0.259. The number of hydrogen-bond acceptors (Lipinski definition) is 5. The van der Waals surface area contributed by atoms with Crippen molar-refractivity contribution >= 4 is 15.9 Å². The fourth-order valence-electron chi connectivity index (χ4n) is 4.65. The summed E-state index contributed by atoms with van der Waals surface area (Å²) in [6.07, 6.45) is 10.5. The molecule has 0 aliphatic carbocycles. The Labute approximate surface area is 223 Å². The zero-order valence-electron chi connectivity index (χ0n) is 21.1. The molecular formula is C27H29BrN8O. The second-order valence-electron chi connectivity index (χ2n) is 9.26. The minimum Gasteiger partial charge on any atom is -0.331 e. The lowest BCUT2D eigenvalue weighted by Crippen LogP contribution is -2.26. The Morgan fingerprint density at radius 3 is 2.62 bits per heavy atom. The molecule has 5 aromatic rings. The number of aromatic nitrogens is 8. The van der Waals surface area contributed by atoms with Crippen LogP contribution in [0.3, 0.4) is 0 Å². The van der Waals surface area contributed by atoms with Gasteiger partial charge in [0.25, 0.3) is 0 Å². The number of aromatic amines is 1. The smallest absolute Gasteiger partial charge is 0.331 e. The Kier molecular flexibility index (Phi) is 7.18. The van der Waals surface area contributed by atoms with E-state index in [0.29, 0.717) is 12.4 Å². The highest BCUT2D eigenvalue weighted by Crippen LogP contribution is 2.32. The maximum absolute atomic E-state index is 13.9. The summed E-state index contributed by atoms with van der Waals surface area (Å²) in [6, 6.07) is 12.1. The Balaban J connectivity index is 1.63. The SMILES string of the molecule is CCCCc1cn(-c2c(Br)ccn2C(C)C)c(=O)n1Cc1cnccc1-c1ccccc1-c1nn[nH]n1. The van der Waals surface area contributed by atoms with Crippen LogP contribution in [0.2, 0.25) is 0 Å². The Bertz CT molecular complexity index is 1560. The average molecular weight is 561 g/mol. The van der Waals surface area contributed by atoms with Crippen molar-refractivity contribution in [1.29, 1.82) is 0 Å². The minimum atomic E-state index is -0.0753. The number of hydrogen-bond donors (Lipinski definition) is 1. The van der Waals surface area contributed by atoms with E-state index >= 15 is 0 Å². The van der Waals surface area contributed by atoms with Gasteiger partial charge in [-0.15, -0.1) is 10.2 Å². The van der Waals surface area contributed by atoms with Gasteiger partial charge in [0.05, 0.1) is 11.0 Å². The lowest BCUT2D eigenvalue weighted by molar-refractivity contribution is 0.582. The van der Waals surface area contributed by atoms with Crippen LogP contribution in [0.25, 0.3) is 28.3 Å². The lowest BCUT2D eigenvalue weighted by atomic mass is 9.96. The molecule has 0 unspecified atom stereocenters. The molecule has 10 heteroatoms. The number of benzene rings is 1. The topological polar surface area (TPSA) is 99.2 Å². The predicted molar refractivity (Wildman–Crippen MR) is 147 cm³/mol. The van der Waals surface area contributed by atoms with Crippen molar-refractivity contribution in [2.75, 3.05) is 0 Å². The van der Waals surface area contributed by atoms with Crippen LogP contribution in [0.1, 0.15) is 50.9 Å². The Hall–Kier alpha value is -3.79. The molecule has 4 aromatic heterocycles. The number of aryl methyl sites for hydroxylation is 1. The fourth-order valence-corrected chi connectivity index (χ4v) is 5.16. The molecule has 0 saturated heterocycles. The van der Waals surface area contributed by atoms with E-state index in [4.69, 9.17) is 0 Å². The highest BCUT2D eigenvalue weighted by Gasteiger charge is 2.20. The third kappa shape index (κ3) is 4.81. The standard InChI is InChI=1S/C27H29BrN8O/c1-4-5-8-20-17-36(26-24(28)12-14-34(26)18(2)3)27(37)35(20)16-19-15-29-13-11-21(19)22-9-6-7-10-23(22)25-30-32-33-31-25/h6-7,9-15,17-18H,4-5,8,16H2,1-3H3,(H,30,31,32,33). The summed E-state index contributed by atoms with van der Waals surface area (Å²) in [5.74, 6) is 1.36. The summed E-state index contributed by atoms with van der Waals surface area (Å²) in [6.45, 7) is 6.78. The van der Waals surface area contributed by atoms with E-state index in [2.05, 4.69) is 66.9 Å². The van der Waals surface area contributed by atoms with E-state index in [1.165, 1.54) is 0 Å². The summed E-state index contributed by atoms with van der Waals surface area (Å²) >= 11 is 3.66. The van der Waals surface area contributed by atoms with E-state index in [-0.39, 0.29) is 11.7 Å². The molecule has 1 aromatic carbocycles. The summed E-state index contributed by atoms with van der Waals surface area (Å²) < 4.78 is 6.63. The first kappa shape index (κ1) is 24.9. The number of halogens is 1. The first-order valence-corrected chi connectivity index (χ1v) is 13.2. The molecule has 4 heterocycles. The normalized spacial score (nSPS) is 11.5. The molecule has 0 saturated carbocycles. The number of rotatable bonds is 9. The molecule has 0 fully saturated rings. The molecule has 0 aliphatic rings. The monoisotopic (exact) mass is 560 g/mol. The lowest BCUT2D eigenvalue weighted by Gasteiger charge is -2.14. The molecule has 9 nitrogen and oxygen atoms in total. The molecule has 0 amide bonds. The van der Waals surface area contributed by atoms with Crippen LogP contribution in [0.4, 0.5) is 0 Å². The largest absolute Gasteiger partial charge is 0.334 e. The predicted octanol–water partition coefficient (Wildman–Crippen LogP) is 5.42. The van der Waals surface area contributed by atoms with Crippen molar-refractivity contribution in [3.05, 3.63) is 87.4 Å². The van der Waals surface area contributed by atoms with E-state index in [1.54, 1.807) is 10.8 Å². The van der Waals surface area contributed by atoms with E-state index in [9.17, 15) is 4.79 Å². The third-order valence-corrected chi connectivity index (χ3v) is 7.13. The average Bonchev–Trinajstić information content (AvgIpc) is 3.64. The first-order chi connectivity index (χ1) is 18.0. The van der Waals surface area contributed by atoms with Crippen LogP contribution in [-0.4, -0.2) is 39.3 Å². The van der Waals surface area contributed by atoms with Crippen molar-refractivity contribution in [2.45, 2.75) is 52.6 Å². The van der Waals surface area contributed by atoms with Crippen molar-refractivity contribution in [3.63, 3.8) is 0 Å². The zero-order chi connectivity index (χ0) is 25.9. The number of tetrazole rings is 1. The van der Waals surface area contributed by atoms with E-state index in [1.807, 2.05) is 59.6 Å². The molecule has 0 atom stereocenters. The van der Waals surface area contributed by atoms with Gasteiger partial charge in [0, 0.05) is 42.1 Å². The van der Waals surface area contributed by atoms with Gasteiger partial charge < -0.3 is 4.57 Å². The van der Waals surface area contributed by atoms with Crippen LogP contribution in [-0.2, 0) is 13.0 Å². The molecule has 190 valence electrons. The highest BCUT2D eigenvalue weighted by molar-refractivity contribution is 9.10. The van der Waals surface area contributed by atoms with E-state index in [0.717, 1.165) is 57.5 Å². The second kappa shape index (κ2) is 10.7. The van der Waals surface area contributed by atoms with E-state index < -0.39 is 0 Å². The van der Waals surface area contributed by atoms with Gasteiger partial charge in [-0.1, -0.05) is 37.6 Å². The number of imidazole rings is 1. The Morgan fingerprint density at radius 1 is 1.08 bits per heavy atom. The maximum Gasteiger partial charge on any atom is 0.334 e. The number of pyridine rings is 1. The molecule has 0 bridgehead atoms.